The van der Waals surface area contributed by atoms with Crippen LogP contribution in [-0.4, -0.2) is 27.0 Å². The van der Waals surface area contributed by atoms with Gasteiger partial charge in [0.2, 0.25) is 10.0 Å². The van der Waals surface area contributed by atoms with Gasteiger partial charge in [-0.2, -0.15) is 13.2 Å². The van der Waals surface area contributed by atoms with E-state index < -0.39 is 39.3 Å². The Morgan fingerprint density at radius 2 is 1.73 bits per heavy atom. The summed E-state index contributed by atoms with van der Waals surface area (Å²) in [6, 6.07) is 6.68. The van der Waals surface area contributed by atoms with Crippen LogP contribution in [0.5, 0.6) is 5.75 Å². The van der Waals surface area contributed by atoms with Crippen LogP contribution in [0.25, 0.3) is 0 Å². The van der Waals surface area contributed by atoms with Gasteiger partial charge in [-0.15, -0.1) is 0 Å². The van der Waals surface area contributed by atoms with Gasteiger partial charge in [0.05, 0.1) is 20.5 Å². The summed E-state index contributed by atoms with van der Waals surface area (Å²) in [5.74, 6) is -0.687. The monoisotopic (exact) mass is 524 g/mol. The molecule has 2 N–H and O–H groups in total. The van der Waals surface area contributed by atoms with Crippen LogP contribution in [0.2, 0.25) is 10.0 Å². The largest absolute Gasteiger partial charge is 0.482 e. The number of anilines is 1. The average Bonchev–Trinajstić information content (AvgIpc) is 2.74. The Kier molecular flexibility index (Phi) is 8.15. The summed E-state index contributed by atoms with van der Waals surface area (Å²) in [6.45, 7) is -0.559. The normalized spacial score (nSPS) is 15.3. The Balaban J connectivity index is 1.61. The first-order valence-corrected chi connectivity index (χ1v) is 12.3. The average molecular weight is 525 g/mol. The highest BCUT2D eigenvalue weighted by atomic mass is 35.5. The molecule has 180 valence electrons. The zero-order valence-electron chi connectivity index (χ0n) is 17.2. The summed E-state index contributed by atoms with van der Waals surface area (Å²) in [6.07, 6.45) is -0.0870. The number of benzene rings is 2. The predicted octanol–water partition coefficient (Wildman–Crippen LogP) is 5.64. The van der Waals surface area contributed by atoms with Gasteiger partial charge in [0.25, 0.3) is 5.91 Å². The molecule has 0 atom stereocenters. The van der Waals surface area contributed by atoms with Crippen molar-refractivity contribution in [3.05, 3.63) is 52.0 Å². The molecule has 1 amide bonds. The molecule has 33 heavy (non-hydrogen) atoms. The fourth-order valence-corrected chi connectivity index (χ4v) is 5.29. The number of ether oxygens (including phenoxy) is 1. The van der Waals surface area contributed by atoms with Crippen molar-refractivity contribution in [2.45, 2.75) is 49.2 Å². The van der Waals surface area contributed by atoms with Crippen molar-refractivity contribution in [2.75, 3.05) is 11.9 Å². The number of sulfonamides is 1. The van der Waals surface area contributed by atoms with Crippen LogP contribution in [0.3, 0.4) is 0 Å². The van der Waals surface area contributed by atoms with Crippen molar-refractivity contribution in [2.24, 2.45) is 0 Å². The molecule has 0 unspecified atom stereocenters. The van der Waals surface area contributed by atoms with Crippen molar-refractivity contribution in [1.82, 2.24) is 4.72 Å². The fraction of sp³-hybridized carbons (Fsp3) is 0.381. The van der Waals surface area contributed by atoms with Crippen LogP contribution in [0.15, 0.2) is 41.3 Å². The first-order chi connectivity index (χ1) is 15.5. The Bertz CT molecular complexity index is 1120. The summed E-state index contributed by atoms with van der Waals surface area (Å²) >= 11 is 11.7. The van der Waals surface area contributed by atoms with E-state index in [1.54, 1.807) is 0 Å². The summed E-state index contributed by atoms with van der Waals surface area (Å²) in [5.41, 5.74) is -1.19. The lowest BCUT2D eigenvalue weighted by Crippen LogP contribution is -2.36. The van der Waals surface area contributed by atoms with Crippen molar-refractivity contribution < 1.29 is 31.1 Å². The third-order valence-electron chi connectivity index (χ3n) is 5.05. The second kappa shape index (κ2) is 10.5. The zero-order chi connectivity index (χ0) is 24.2. The lowest BCUT2D eigenvalue weighted by atomic mass is 9.96. The van der Waals surface area contributed by atoms with Crippen LogP contribution in [0.4, 0.5) is 18.9 Å². The molecule has 6 nitrogen and oxygen atoms in total. The van der Waals surface area contributed by atoms with Crippen LogP contribution in [0, 0.1) is 0 Å². The molecule has 2 aromatic rings. The zero-order valence-corrected chi connectivity index (χ0v) is 19.5. The van der Waals surface area contributed by atoms with Gasteiger partial charge in [-0.25, -0.2) is 13.1 Å². The van der Waals surface area contributed by atoms with Crippen molar-refractivity contribution >= 4 is 44.8 Å². The maximum atomic E-state index is 12.9. The van der Waals surface area contributed by atoms with Crippen LogP contribution < -0.4 is 14.8 Å². The SMILES string of the molecule is O=C(COc1ccc(S(=O)(=O)NC2CCCCC2)cc1Cl)Nc1ccc(Cl)c(C(F)(F)F)c1. The number of hydrogen-bond donors (Lipinski definition) is 2. The Hall–Kier alpha value is -2.01. The molecule has 0 heterocycles. The van der Waals surface area contributed by atoms with Gasteiger partial charge in [0, 0.05) is 11.7 Å². The standard InChI is InChI=1S/C21H21Cl2F3N2O4S/c22-17-8-6-14(10-16(17)21(24,25)26)27-20(29)12-32-19-9-7-15(11-18(19)23)33(30,31)28-13-4-2-1-3-5-13/h6-11,13,28H,1-5,12H2,(H,27,29). The van der Waals surface area contributed by atoms with Crippen LogP contribution in [0.1, 0.15) is 37.7 Å². The first kappa shape index (κ1) is 25.6. The summed E-state index contributed by atoms with van der Waals surface area (Å²) in [7, 11) is -3.76. The summed E-state index contributed by atoms with van der Waals surface area (Å²) in [4.78, 5) is 12.1. The van der Waals surface area contributed by atoms with E-state index in [1.165, 1.54) is 24.3 Å². The third kappa shape index (κ3) is 6.99. The lowest BCUT2D eigenvalue weighted by molar-refractivity contribution is -0.137. The molecule has 1 fully saturated rings. The number of carbonyl (C=O) groups excluding carboxylic acids is 1. The van der Waals surface area contributed by atoms with E-state index >= 15 is 0 Å². The molecule has 1 aliphatic carbocycles. The molecule has 0 radical (unpaired) electrons. The Morgan fingerprint density at radius 1 is 1.03 bits per heavy atom. The predicted molar refractivity (Wildman–Crippen MR) is 119 cm³/mol. The molecular formula is C21H21Cl2F3N2O4S. The van der Waals surface area contributed by atoms with Crippen LogP contribution >= 0.6 is 23.2 Å². The highest BCUT2D eigenvalue weighted by molar-refractivity contribution is 7.89. The topological polar surface area (TPSA) is 84.5 Å². The molecule has 2 aromatic carbocycles. The number of hydrogen-bond acceptors (Lipinski definition) is 4. The second-order valence-corrected chi connectivity index (χ2v) is 10.1. The van der Waals surface area contributed by atoms with Gasteiger partial charge in [0.15, 0.2) is 6.61 Å². The van der Waals surface area contributed by atoms with E-state index in [0.717, 1.165) is 38.2 Å². The molecule has 1 saturated carbocycles. The first-order valence-electron chi connectivity index (χ1n) is 10.1. The van der Waals surface area contributed by atoms with Crippen molar-refractivity contribution in [3.63, 3.8) is 0 Å². The molecule has 12 heteroatoms. The van der Waals surface area contributed by atoms with E-state index in [2.05, 4.69) is 10.0 Å². The molecular weight excluding hydrogens is 504 g/mol. The van der Waals surface area contributed by atoms with E-state index in [1.807, 2.05) is 0 Å². The molecule has 0 bridgehead atoms. The highest BCUT2D eigenvalue weighted by Crippen LogP contribution is 2.36. The number of halogens is 5. The van der Waals surface area contributed by atoms with E-state index in [0.29, 0.717) is 6.07 Å². The smallest absolute Gasteiger partial charge is 0.417 e. The minimum Gasteiger partial charge on any atom is -0.482 e. The molecule has 1 aliphatic rings. The number of rotatable bonds is 7. The van der Waals surface area contributed by atoms with E-state index in [4.69, 9.17) is 27.9 Å². The summed E-state index contributed by atoms with van der Waals surface area (Å²) in [5, 5.41) is 1.76. The van der Waals surface area contributed by atoms with Gasteiger partial charge in [-0.3, -0.25) is 4.79 Å². The lowest BCUT2D eigenvalue weighted by Gasteiger charge is -2.22. The van der Waals surface area contributed by atoms with Crippen molar-refractivity contribution in [3.8, 4) is 5.75 Å². The maximum Gasteiger partial charge on any atom is 0.417 e. The number of alkyl halides is 3. The van der Waals surface area contributed by atoms with E-state index in [9.17, 15) is 26.4 Å². The van der Waals surface area contributed by atoms with Gasteiger partial charge in [0.1, 0.15) is 5.75 Å². The number of nitrogens with one attached hydrogen (secondary N) is 2. The van der Waals surface area contributed by atoms with Gasteiger partial charge < -0.3 is 10.1 Å². The van der Waals surface area contributed by atoms with E-state index in [-0.39, 0.29) is 27.4 Å². The molecule has 0 spiro atoms. The van der Waals surface area contributed by atoms with Gasteiger partial charge >= 0.3 is 6.18 Å². The molecule has 3 rings (SSSR count). The number of amides is 1. The minimum atomic E-state index is -4.67. The van der Waals surface area contributed by atoms with Crippen molar-refractivity contribution in [1.29, 1.82) is 0 Å². The maximum absolute atomic E-state index is 12.9. The van der Waals surface area contributed by atoms with Gasteiger partial charge in [-0.05, 0) is 49.2 Å². The number of carbonyl (C=O) groups is 1. The minimum absolute atomic E-state index is 0.0276. The molecule has 0 aromatic heterocycles. The summed E-state index contributed by atoms with van der Waals surface area (Å²) < 4.78 is 72.0. The molecule has 0 saturated heterocycles. The Labute approximate surface area is 199 Å². The fourth-order valence-electron chi connectivity index (χ4n) is 3.43. The highest BCUT2D eigenvalue weighted by Gasteiger charge is 2.33. The third-order valence-corrected chi connectivity index (χ3v) is 7.20. The molecule has 0 aliphatic heterocycles. The Morgan fingerprint density at radius 3 is 2.36 bits per heavy atom. The quantitative estimate of drug-likeness (QED) is 0.490. The van der Waals surface area contributed by atoms with Gasteiger partial charge in [-0.1, -0.05) is 42.5 Å². The van der Waals surface area contributed by atoms with Crippen LogP contribution in [-0.2, 0) is 21.0 Å². The second-order valence-electron chi connectivity index (χ2n) is 7.58.